The van der Waals surface area contributed by atoms with Crippen molar-refractivity contribution in [3.63, 3.8) is 0 Å². The number of hydrogen-bond donors (Lipinski definition) is 1. The van der Waals surface area contributed by atoms with Crippen molar-refractivity contribution in [2.24, 2.45) is 0 Å². The average molecular weight is 451 g/mol. The van der Waals surface area contributed by atoms with Crippen molar-refractivity contribution in [3.05, 3.63) is 92.4 Å². The quantitative estimate of drug-likeness (QED) is 0.397. The Balaban J connectivity index is 1.70. The van der Waals surface area contributed by atoms with Crippen molar-refractivity contribution in [3.8, 4) is 11.5 Å². The van der Waals surface area contributed by atoms with E-state index in [0.29, 0.717) is 33.1 Å². The summed E-state index contributed by atoms with van der Waals surface area (Å²) in [6, 6.07) is 19.6. The predicted molar refractivity (Wildman–Crippen MR) is 120 cm³/mol. The lowest BCUT2D eigenvalue weighted by Crippen LogP contribution is -2.18. The van der Waals surface area contributed by atoms with Gasteiger partial charge in [-0.3, -0.25) is 0 Å². The summed E-state index contributed by atoms with van der Waals surface area (Å²) >= 11 is 18.7. The number of ether oxygens (including phenoxy) is 2. The molecule has 0 aromatic heterocycles. The predicted octanol–water partition coefficient (Wildman–Crippen LogP) is 7.09. The average Bonchev–Trinajstić information content (AvgIpc) is 2.72. The fourth-order valence-electron chi connectivity index (χ4n) is 2.93. The van der Waals surface area contributed by atoms with E-state index in [1.807, 2.05) is 36.4 Å². The lowest BCUT2D eigenvalue weighted by molar-refractivity contribution is 0.284. The van der Waals surface area contributed by atoms with Crippen LogP contribution in [0.2, 0.25) is 15.1 Å². The third-order valence-electron chi connectivity index (χ3n) is 4.59. The number of benzene rings is 3. The van der Waals surface area contributed by atoms with Crippen LogP contribution in [-0.2, 0) is 13.2 Å². The molecule has 0 amide bonds. The first-order chi connectivity index (χ1) is 14.0. The number of nitrogens with one attached hydrogen (secondary N) is 1. The van der Waals surface area contributed by atoms with Crippen molar-refractivity contribution in [1.29, 1.82) is 0 Å². The van der Waals surface area contributed by atoms with E-state index < -0.39 is 0 Å². The maximum Gasteiger partial charge on any atom is 0.180 e. The van der Waals surface area contributed by atoms with E-state index in [-0.39, 0.29) is 12.6 Å². The summed E-state index contributed by atoms with van der Waals surface area (Å²) < 4.78 is 11.4. The summed E-state index contributed by atoms with van der Waals surface area (Å²) in [6.07, 6.45) is 0. The molecule has 0 spiro atoms. The molecule has 1 N–H and O–H groups in total. The van der Waals surface area contributed by atoms with Gasteiger partial charge in [0.1, 0.15) is 6.61 Å². The zero-order valence-corrected chi connectivity index (χ0v) is 18.5. The van der Waals surface area contributed by atoms with Gasteiger partial charge in [-0.1, -0.05) is 71.2 Å². The van der Waals surface area contributed by atoms with Crippen LogP contribution < -0.4 is 14.8 Å². The van der Waals surface area contributed by atoms with Crippen LogP contribution in [0.5, 0.6) is 11.5 Å². The molecule has 0 bridgehead atoms. The molecule has 1 atom stereocenters. The van der Waals surface area contributed by atoms with Crippen molar-refractivity contribution < 1.29 is 9.47 Å². The zero-order valence-electron chi connectivity index (χ0n) is 16.2. The summed E-state index contributed by atoms with van der Waals surface area (Å²) in [5, 5.41) is 5.11. The van der Waals surface area contributed by atoms with Gasteiger partial charge in [-0.15, -0.1) is 0 Å². The van der Waals surface area contributed by atoms with Crippen LogP contribution in [0.25, 0.3) is 0 Å². The van der Waals surface area contributed by atoms with Crippen LogP contribution in [-0.4, -0.2) is 7.11 Å². The smallest absolute Gasteiger partial charge is 0.180 e. The lowest BCUT2D eigenvalue weighted by atomic mass is 10.1. The molecule has 0 aliphatic rings. The highest BCUT2D eigenvalue weighted by molar-refractivity contribution is 6.35. The van der Waals surface area contributed by atoms with E-state index in [2.05, 4.69) is 24.4 Å². The maximum absolute atomic E-state index is 6.49. The fraction of sp³-hybridized carbons (Fsp3) is 0.217. The highest BCUT2D eigenvalue weighted by atomic mass is 35.5. The second-order valence-corrected chi connectivity index (χ2v) is 7.90. The third-order valence-corrected chi connectivity index (χ3v) is 5.46. The number of methoxy groups -OCH3 is 1. The van der Waals surface area contributed by atoms with Gasteiger partial charge in [0.25, 0.3) is 0 Å². The van der Waals surface area contributed by atoms with E-state index in [1.165, 1.54) is 5.56 Å². The second kappa shape index (κ2) is 10.2. The van der Waals surface area contributed by atoms with Gasteiger partial charge < -0.3 is 14.8 Å². The molecule has 0 aliphatic heterocycles. The van der Waals surface area contributed by atoms with Gasteiger partial charge in [0.15, 0.2) is 11.5 Å². The Kier molecular flexibility index (Phi) is 7.68. The Morgan fingerprint density at radius 3 is 2.38 bits per heavy atom. The third kappa shape index (κ3) is 5.80. The van der Waals surface area contributed by atoms with Gasteiger partial charge in [-0.2, -0.15) is 0 Å². The standard InChI is InChI=1S/C23H22Cl3NO2/c1-15(17-6-4-3-5-7-17)27-13-16-10-21(26)23(22(11-16)28-2)29-14-18-8-9-19(24)12-20(18)25/h3-12,15,27H,13-14H2,1-2H3/t15-/m0/s1. The molecule has 0 saturated carbocycles. The summed E-state index contributed by atoms with van der Waals surface area (Å²) in [7, 11) is 1.59. The first-order valence-electron chi connectivity index (χ1n) is 9.19. The van der Waals surface area contributed by atoms with Crippen LogP contribution in [0.15, 0.2) is 60.7 Å². The summed E-state index contributed by atoms with van der Waals surface area (Å²) in [5.41, 5.74) is 3.05. The Hall–Kier alpha value is -1.91. The van der Waals surface area contributed by atoms with Crippen LogP contribution in [0.4, 0.5) is 0 Å². The molecule has 0 unspecified atom stereocenters. The minimum absolute atomic E-state index is 0.212. The topological polar surface area (TPSA) is 30.5 Å². The molecule has 0 fully saturated rings. The van der Waals surface area contributed by atoms with Crippen molar-refractivity contribution in [2.45, 2.75) is 26.1 Å². The molecule has 3 rings (SSSR count). The first kappa shape index (κ1) is 21.8. The van der Waals surface area contributed by atoms with Gasteiger partial charge in [0.05, 0.1) is 12.1 Å². The molecule has 3 aromatic rings. The van der Waals surface area contributed by atoms with Gasteiger partial charge in [0, 0.05) is 28.2 Å². The Labute approximate surface area is 186 Å². The number of hydrogen-bond acceptors (Lipinski definition) is 3. The lowest BCUT2D eigenvalue weighted by Gasteiger charge is -2.17. The van der Waals surface area contributed by atoms with E-state index in [4.69, 9.17) is 44.3 Å². The molecule has 6 heteroatoms. The SMILES string of the molecule is COc1cc(CN[C@@H](C)c2ccccc2)cc(Cl)c1OCc1ccc(Cl)cc1Cl. The Morgan fingerprint density at radius 2 is 1.69 bits per heavy atom. The zero-order chi connectivity index (χ0) is 20.8. The molecule has 3 aromatic carbocycles. The van der Waals surface area contributed by atoms with Crippen molar-refractivity contribution >= 4 is 34.8 Å². The minimum atomic E-state index is 0.212. The molecule has 0 radical (unpaired) electrons. The van der Waals surface area contributed by atoms with E-state index >= 15 is 0 Å². The monoisotopic (exact) mass is 449 g/mol. The van der Waals surface area contributed by atoms with Crippen LogP contribution in [0, 0.1) is 0 Å². The molecule has 0 aliphatic carbocycles. The largest absolute Gasteiger partial charge is 0.493 e. The number of rotatable bonds is 8. The Bertz CT molecular complexity index is 964. The van der Waals surface area contributed by atoms with Crippen molar-refractivity contribution in [2.75, 3.05) is 7.11 Å². The molecule has 3 nitrogen and oxygen atoms in total. The molecule has 0 saturated heterocycles. The Morgan fingerprint density at radius 1 is 0.931 bits per heavy atom. The molecular weight excluding hydrogens is 429 g/mol. The maximum atomic E-state index is 6.49. The molecule has 0 heterocycles. The highest BCUT2D eigenvalue weighted by Gasteiger charge is 2.14. The summed E-state index contributed by atoms with van der Waals surface area (Å²) in [4.78, 5) is 0. The molecule has 29 heavy (non-hydrogen) atoms. The van der Waals surface area contributed by atoms with Crippen molar-refractivity contribution in [1.82, 2.24) is 5.32 Å². The number of halogens is 3. The second-order valence-electron chi connectivity index (χ2n) is 6.65. The first-order valence-corrected chi connectivity index (χ1v) is 10.3. The highest BCUT2D eigenvalue weighted by Crippen LogP contribution is 2.37. The van der Waals surface area contributed by atoms with Gasteiger partial charge in [-0.25, -0.2) is 0 Å². The molecular formula is C23H22Cl3NO2. The van der Waals surface area contributed by atoms with E-state index in [1.54, 1.807) is 19.2 Å². The van der Waals surface area contributed by atoms with Crippen LogP contribution in [0.3, 0.4) is 0 Å². The molecule has 152 valence electrons. The summed E-state index contributed by atoms with van der Waals surface area (Å²) in [5.74, 6) is 1.06. The van der Waals surface area contributed by atoms with E-state index in [0.717, 1.165) is 11.1 Å². The van der Waals surface area contributed by atoms with Crippen LogP contribution >= 0.6 is 34.8 Å². The van der Waals surface area contributed by atoms with E-state index in [9.17, 15) is 0 Å². The van der Waals surface area contributed by atoms with Crippen LogP contribution in [0.1, 0.15) is 29.7 Å². The van der Waals surface area contributed by atoms with Gasteiger partial charge in [-0.05, 0) is 42.3 Å². The normalized spacial score (nSPS) is 11.9. The van der Waals surface area contributed by atoms with Gasteiger partial charge >= 0.3 is 0 Å². The minimum Gasteiger partial charge on any atom is -0.493 e. The fourth-order valence-corrected chi connectivity index (χ4v) is 3.69. The van der Waals surface area contributed by atoms with Gasteiger partial charge in [0.2, 0.25) is 0 Å². The summed E-state index contributed by atoms with van der Waals surface area (Å²) in [6.45, 7) is 3.03.